The molecule has 1 aromatic heterocycles. The Morgan fingerprint density at radius 3 is 2.55 bits per heavy atom. The van der Waals surface area contributed by atoms with Gasteiger partial charge in [0, 0.05) is 24.0 Å². The predicted molar refractivity (Wildman–Crippen MR) is 90.6 cm³/mol. The van der Waals surface area contributed by atoms with E-state index >= 15 is 0 Å². The molecule has 22 heavy (non-hydrogen) atoms. The molecule has 0 atom stereocenters. The topological polar surface area (TPSA) is 60.9 Å². The number of likely N-dealkylation sites (tertiary alicyclic amines) is 1. The predicted octanol–water partition coefficient (Wildman–Crippen LogP) is 2.83. The van der Waals surface area contributed by atoms with Gasteiger partial charge in [-0.1, -0.05) is 6.92 Å². The van der Waals surface area contributed by atoms with E-state index in [1.165, 1.54) is 0 Å². The average Bonchev–Trinajstić information content (AvgIpc) is 2.82. The molecular weight excluding hydrogens is 368 g/mol. The van der Waals surface area contributed by atoms with Gasteiger partial charge in [-0.25, -0.2) is 0 Å². The molecule has 0 spiro atoms. The van der Waals surface area contributed by atoms with E-state index in [0.29, 0.717) is 13.1 Å². The first-order valence-electron chi connectivity index (χ1n) is 7.43. The van der Waals surface area contributed by atoms with Gasteiger partial charge in [0.25, 0.3) is 5.91 Å². The Bertz CT molecular complexity index is 553. The van der Waals surface area contributed by atoms with E-state index in [1.54, 1.807) is 11.3 Å². The molecule has 1 N–H and O–H groups in total. The number of likely N-dealkylation sites (N-methyl/N-ethyl adjacent to an activating group) is 1. The maximum atomic E-state index is 12.6. The molecule has 1 saturated heterocycles. The lowest BCUT2D eigenvalue weighted by molar-refractivity contribution is -0.139. The third-order valence-electron chi connectivity index (χ3n) is 4.05. The second-order valence-corrected chi connectivity index (χ2v) is 8.10. The van der Waals surface area contributed by atoms with Crippen LogP contribution in [0.25, 0.3) is 0 Å². The number of carbonyl (C=O) groups excluding carboxylic acids is 1. The smallest absolute Gasteiger partial charge is 0.317 e. The van der Waals surface area contributed by atoms with Crippen LogP contribution in [0.2, 0.25) is 0 Å². The first-order chi connectivity index (χ1) is 10.4. The summed E-state index contributed by atoms with van der Waals surface area (Å²) >= 11 is 5.03. The fraction of sp³-hybridized carbons (Fsp3) is 0.600. The van der Waals surface area contributed by atoms with Crippen molar-refractivity contribution >= 4 is 39.1 Å². The van der Waals surface area contributed by atoms with E-state index in [0.717, 1.165) is 33.6 Å². The zero-order valence-electron chi connectivity index (χ0n) is 12.8. The summed E-state index contributed by atoms with van der Waals surface area (Å²) in [7, 11) is 0. The Hall–Kier alpha value is -0.920. The normalized spacial score (nSPS) is 16.3. The number of nitrogens with zero attached hydrogens (tertiary/aromatic N) is 2. The molecule has 0 radical (unpaired) electrons. The van der Waals surface area contributed by atoms with E-state index in [4.69, 9.17) is 5.11 Å². The number of carboxylic acid groups (broad SMARTS) is 1. The highest BCUT2D eigenvalue weighted by Gasteiger charge is 2.28. The first kappa shape index (κ1) is 17.4. The SMILES string of the molecule is CCN(CC(=O)O)C1CCN(C(=O)c2cc(C)sc2Br)CC1. The van der Waals surface area contributed by atoms with Gasteiger partial charge < -0.3 is 10.0 Å². The van der Waals surface area contributed by atoms with Crippen LogP contribution in [0.5, 0.6) is 0 Å². The van der Waals surface area contributed by atoms with Crippen LogP contribution < -0.4 is 0 Å². The van der Waals surface area contributed by atoms with Gasteiger partial charge in [-0.15, -0.1) is 11.3 Å². The number of rotatable bonds is 5. The van der Waals surface area contributed by atoms with Crippen LogP contribution in [0.15, 0.2) is 9.85 Å². The molecule has 122 valence electrons. The van der Waals surface area contributed by atoms with Crippen LogP contribution in [0.3, 0.4) is 0 Å². The molecule has 0 saturated carbocycles. The molecule has 0 aliphatic carbocycles. The Morgan fingerprint density at radius 1 is 1.45 bits per heavy atom. The van der Waals surface area contributed by atoms with Gasteiger partial charge in [-0.2, -0.15) is 0 Å². The lowest BCUT2D eigenvalue weighted by Crippen LogP contribution is -2.48. The first-order valence-corrected chi connectivity index (χ1v) is 9.04. The maximum Gasteiger partial charge on any atom is 0.317 e. The van der Waals surface area contributed by atoms with Crippen LogP contribution >= 0.6 is 27.3 Å². The molecular formula is C15H21BrN2O3S. The molecule has 1 aromatic rings. The lowest BCUT2D eigenvalue weighted by Gasteiger charge is -2.37. The molecule has 0 aromatic carbocycles. The third-order valence-corrected chi connectivity index (χ3v) is 5.80. The number of carboxylic acids is 1. The van der Waals surface area contributed by atoms with Gasteiger partial charge in [-0.3, -0.25) is 14.5 Å². The van der Waals surface area contributed by atoms with Gasteiger partial charge in [0.2, 0.25) is 0 Å². The average molecular weight is 389 g/mol. The molecule has 0 bridgehead atoms. The fourth-order valence-electron chi connectivity index (χ4n) is 2.91. The second-order valence-electron chi connectivity index (χ2n) is 5.52. The van der Waals surface area contributed by atoms with E-state index < -0.39 is 5.97 Å². The van der Waals surface area contributed by atoms with Crippen LogP contribution in [-0.4, -0.2) is 59.0 Å². The van der Waals surface area contributed by atoms with Crippen molar-refractivity contribution in [1.29, 1.82) is 0 Å². The summed E-state index contributed by atoms with van der Waals surface area (Å²) in [5, 5.41) is 8.96. The van der Waals surface area contributed by atoms with Crippen molar-refractivity contribution in [3.8, 4) is 0 Å². The Kier molecular flexibility index (Phi) is 6.00. The van der Waals surface area contributed by atoms with Crippen LogP contribution in [0.1, 0.15) is 35.0 Å². The largest absolute Gasteiger partial charge is 0.480 e. The third kappa shape index (κ3) is 4.08. The quantitative estimate of drug-likeness (QED) is 0.842. The van der Waals surface area contributed by atoms with E-state index in [2.05, 4.69) is 15.9 Å². The zero-order valence-corrected chi connectivity index (χ0v) is 15.2. The van der Waals surface area contributed by atoms with Crippen molar-refractivity contribution in [2.45, 2.75) is 32.7 Å². The summed E-state index contributed by atoms with van der Waals surface area (Å²) in [4.78, 5) is 28.4. The summed E-state index contributed by atoms with van der Waals surface area (Å²) in [6.07, 6.45) is 1.65. The fourth-order valence-corrected chi connectivity index (χ4v) is 4.67. The van der Waals surface area contributed by atoms with Gasteiger partial charge in [0.15, 0.2) is 0 Å². The number of amides is 1. The number of carbonyl (C=O) groups is 2. The summed E-state index contributed by atoms with van der Waals surface area (Å²) in [5.74, 6) is -0.728. The van der Waals surface area contributed by atoms with Crippen molar-refractivity contribution in [3.63, 3.8) is 0 Å². The second kappa shape index (κ2) is 7.57. The standard InChI is InChI=1S/C15H21BrN2O3S/c1-3-17(9-13(19)20)11-4-6-18(7-5-11)15(21)12-8-10(2)22-14(12)16/h8,11H,3-7,9H2,1-2H3,(H,19,20). The summed E-state index contributed by atoms with van der Waals surface area (Å²) in [5.41, 5.74) is 0.735. The van der Waals surface area contributed by atoms with Crippen LogP contribution in [0, 0.1) is 6.92 Å². The summed E-state index contributed by atoms with van der Waals surface area (Å²) < 4.78 is 0.887. The van der Waals surface area contributed by atoms with Crippen molar-refractivity contribution < 1.29 is 14.7 Å². The maximum absolute atomic E-state index is 12.6. The van der Waals surface area contributed by atoms with E-state index in [-0.39, 0.29) is 18.5 Å². The Balaban J connectivity index is 1.95. The summed E-state index contributed by atoms with van der Waals surface area (Å²) in [6, 6.07) is 2.17. The number of aryl methyl sites for hydroxylation is 1. The van der Waals surface area contributed by atoms with Crippen molar-refractivity contribution in [2.75, 3.05) is 26.2 Å². The number of aliphatic carboxylic acids is 1. The highest BCUT2D eigenvalue weighted by Crippen LogP contribution is 2.29. The van der Waals surface area contributed by atoms with Gasteiger partial charge in [0.1, 0.15) is 0 Å². The molecule has 7 heteroatoms. The van der Waals surface area contributed by atoms with Gasteiger partial charge in [0.05, 0.1) is 15.9 Å². The van der Waals surface area contributed by atoms with Crippen LogP contribution in [-0.2, 0) is 4.79 Å². The molecule has 1 aliphatic heterocycles. The van der Waals surface area contributed by atoms with Crippen molar-refractivity contribution in [3.05, 3.63) is 20.3 Å². The number of hydrogen-bond donors (Lipinski definition) is 1. The molecule has 2 heterocycles. The van der Waals surface area contributed by atoms with Crippen molar-refractivity contribution in [1.82, 2.24) is 9.80 Å². The molecule has 5 nitrogen and oxygen atoms in total. The van der Waals surface area contributed by atoms with Crippen molar-refractivity contribution in [2.24, 2.45) is 0 Å². The molecule has 1 fully saturated rings. The van der Waals surface area contributed by atoms with E-state index in [1.807, 2.05) is 29.7 Å². The van der Waals surface area contributed by atoms with Gasteiger partial charge in [-0.05, 0) is 48.3 Å². The van der Waals surface area contributed by atoms with E-state index in [9.17, 15) is 9.59 Å². The van der Waals surface area contributed by atoms with Crippen LogP contribution in [0.4, 0.5) is 0 Å². The zero-order chi connectivity index (χ0) is 16.3. The highest BCUT2D eigenvalue weighted by molar-refractivity contribution is 9.11. The Labute approximate surface area is 143 Å². The minimum Gasteiger partial charge on any atom is -0.480 e. The Morgan fingerprint density at radius 2 is 2.09 bits per heavy atom. The summed E-state index contributed by atoms with van der Waals surface area (Å²) in [6.45, 7) is 6.13. The van der Waals surface area contributed by atoms with Gasteiger partial charge >= 0.3 is 5.97 Å². The number of hydrogen-bond acceptors (Lipinski definition) is 4. The number of halogens is 1. The minimum atomic E-state index is -0.793. The number of thiophene rings is 1. The minimum absolute atomic E-state index is 0.0657. The molecule has 1 aliphatic rings. The number of piperidine rings is 1. The molecule has 1 amide bonds. The molecule has 0 unspecified atom stereocenters. The highest BCUT2D eigenvalue weighted by atomic mass is 79.9. The lowest BCUT2D eigenvalue weighted by atomic mass is 10.0. The molecule has 2 rings (SSSR count). The monoisotopic (exact) mass is 388 g/mol.